The Kier molecular flexibility index (Phi) is 37.9. The van der Waals surface area contributed by atoms with E-state index >= 15 is 14.4 Å². The number of nitrogens with one attached hydrogen (secondary N) is 6. The summed E-state index contributed by atoms with van der Waals surface area (Å²) in [5.41, 5.74) is 0. The molecular weight excluding hydrogens is 1230 g/mol. The summed E-state index contributed by atoms with van der Waals surface area (Å²) in [6.45, 7) is 33.5. The molecule has 0 radical (unpaired) electrons. The van der Waals surface area contributed by atoms with Crippen LogP contribution in [0.5, 0.6) is 0 Å². The molecule has 550 valence electrons. The van der Waals surface area contributed by atoms with Crippen molar-refractivity contribution in [3.8, 4) is 0 Å². The fraction of sp³-hybridized carbons (Fsp3) is 0.797. The number of aliphatic hydroxyl groups excluding tert-OH is 1. The molecule has 27 nitrogen and oxygen atoms in total. The summed E-state index contributed by atoms with van der Waals surface area (Å²) in [4.78, 5) is 178. The van der Waals surface area contributed by atoms with Crippen LogP contribution < -0.4 is 31.9 Å². The first kappa shape index (κ1) is 87.4. The molecule has 1 heterocycles. The number of ketones is 1. The monoisotopic (exact) mass is 1360 g/mol. The highest BCUT2D eigenvalue weighted by atomic mass is 16.5. The third kappa shape index (κ3) is 25.7. The molecule has 11 amide bonds. The standard InChI is InChI=1S/C69H125N13O14/c1-26-28-29-44(13)59(85)58(63(89)74-50(27-2)65(91)76(20)48(17)49(18)83)81(25)69(95)57(43(11)12)80(24)67(93)53(36-41(7)8)79(23)66(92)52(35-40(5)6)78(22)64(90)47(16)73-60(86)46(15)72-61(87)51(34-39(3)4)77(21)68(94)55(42(9)10)75-62(88)56(70-19)45(14)37-96-38-54(84)82-32-30-71-31-33-82/h26,28,39-48,50-53,55-59,70-71,85H,27,29-38H2,1-25H3,(H,72,87)(H,73,86)(H,74,89)(H,75,88)/b28-26+/t44-,45-,46+,47-,48-,50+,51+,52+,53+,55+,56+,57+,58+,59-/m1/s1. The lowest BCUT2D eigenvalue weighted by Gasteiger charge is -2.41. The van der Waals surface area contributed by atoms with Crippen molar-refractivity contribution in [3.05, 3.63) is 12.2 Å². The number of ether oxygens (including phenoxy) is 1. The summed E-state index contributed by atoms with van der Waals surface area (Å²) in [6.07, 6.45) is 3.06. The molecule has 0 aromatic carbocycles. The first-order chi connectivity index (χ1) is 44.6. The lowest BCUT2D eigenvalue weighted by Crippen LogP contribution is -2.63. The van der Waals surface area contributed by atoms with E-state index in [1.807, 2.05) is 54.5 Å². The molecule has 1 fully saturated rings. The molecule has 0 aromatic heterocycles. The third-order valence-electron chi connectivity index (χ3n) is 18.2. The largest absolute Gasteiger partial charge is 0.390 e. The molecule has 0 saturated carbocycles. The summed E-state index contributed by atoms with van der Waals surface area (Å²) >= 11 is 0. The number of hydrogen-bond acceptors (Lipinski definition) is 16. The maximum atomic E-state index is 15.1. The van der Waals surface area contributed by atoms with Gasteiger partial charge in [0, 0.05) is 74.4 Å². The van der Waals surface area contributed by atoms with Gasteiger partial charge in [-0.15, -0.1) is 0 Å². The van der Waals surface area contributed by atoms with Crippen LogP contribution in [0, 0.1) is 41.4 Å². The van der Waals surface area contributed by atoms with E-state index < -0.39 is 155 Å². The van der Waals surface area contributed by atoms with E-state index in [0.29, 0.717) is 32.6 Å². The first-order valence-electron chi connectivity index (χ1n) is 34.4. The van der Waals surface area contributed by atoms with E-state index in [1.54, 1.807) is 73.4 Å². The molecule has 1 saturated heterocycles. The van der Waals surface area contributed by atoms with Gasteiger partial charge in [-0.2, -0.15) is 0 Å². The smallest absolute Gasteiger partial charge is 0.248 e. The number of nitrogens with zero attached hydrogens (tertiary/aromatic N) is 7. The number of aliphatic hydroxyl groups is 1. The molecule has 0 unspecified atom stereocenters. The molecular formula is C69H125N13O14. The Balaban J connectivity index is 3.51. The van der Waals surface area contributed by atoms with Crippen LogP contribution in [-0.2, 0) is 62.3 Å². The first-order valence-corrected chi connectivity index (χ1v) is 34.4. The van der Waals surface area contributed by atoms with E-state index in [1.165, 1.54) is 87.6 Å². The van der Waals surface area contributed by atoms with Crippen molar-refractivity contribution < 1.29 is 67.4 Å². The van der Waals surface area contributed by atoms with Crippen molar-refractivity contribution >= 4 is 70.8 Å². The van der Waals surface area contributed by atoms with Crippen LogP contribution in [0.3, 0.4) is 0 Å². The maximum Gasteiger partial charge on any atom is 0.248 e. The van der Waals surface area contributed by atoms with Gasteiger partial charge < -0.3 is 76.0 Å². The highest BCUT2D eigenvalue weighted by Crippen LogP contribution is 2.26. The van der Waals surface area contributed by atoms with E-state index in [2.05, 4.69) is 31.9 Å². The summed E-state index contributed by atoms with van der Waals surface area (Å²) in [5.74, 6) is -9.20. The number of amides is 11. The summed E-state index contributed by atoms with van der Waals surface area (Å²) in [7, 11) is 10.2. The average molecular weight is 1360 g/mol. The molecule has 0 spiro atoms. The lowest BCUT2D eigenvalue weighted by molar-refractivity contribution is -0.157. The molecule has 1 rings (SSSR count). The van der Waals surface area contributed by atoms with Crippen LogP contribution in [0.2, 0.25) is 0 Å². The molecule has 96 heavy (non-hydrogen) atoms. The van der Waals surface area contributed by atoms with Gasteiger partial charge in [0.25, 0.3) is 0 Å². The van der Waals surface area contributed by atoms with E-state index in [0.717, 1.165) is 4.90 Å². The highest BCUT2D eigenvalue weighted by molar-refractivity contribution is 5.99. The number of carbonyl (C=O) groups is 12. The van der Waals surface area contributed by atoms with Gasteiger partial charge in [0.2, 0.25) is 65.0 Å². The number of carbonyl (C=O) groups excluding carboxylic acids is 12. The number of rotatable bonds is 40. The van der Waals surface area contributed by atoms with Crippen molar-refractivity contribution in [1.29, 1.82) is 0 Å². The number of allylic oxidation sites excluding steroid dienone is 2. The van der Waals surface area contributed by atoms with Gasteiger partial charge in [-0.05, 0) is 109 Å². The van der Waals surface area contributed by atoms with Crippen molar-refractivity contribution in [2.24, 2.45) is 41.4 Å². The minimum atomic E-state index is -1.55. The summed E-state index contributed by atoms with van der Waals surface area (Å²) in [5, 5.41) is 29.2. The normalized spacial score (nSPS) is 17.1. The highest BCUT2D eigenvalue weighted by Gasteiger charge is 2.45. The fourth-order valence-electron chi connectivity index (χ4n) is 11.8. The topological polar surface area (TPSA) is 329 Å². The summed E-state index contributed by atoms with van der Waals surface area (Å²) < 4.78 is 5.74. The zero-order valence-electron chi connectivity index (χ0n) is 62.8. The van der Waals surface area contributed by atoms with Gasteiger partial charge in [-0.25, -0.2) is 0 Å². The van der Waals surface area contributed by atoms with Crippen LogP contribution in [-0.4, -0.2) is 271 Å². The molecule has 0 aliphatic carbocycles. The van der Waals surface area contributed by atoms with Gasteiger partial charge in [0.1, 0.15) is 61.0 Å². The Labute approximate surface area is 573 Å². The lowest BCUT2D eigenvalue weighted by atomic mass is 9.91. The minimum absolute atomic E-state index is 0.0867. The third-order valence-corrected chi connectivity index (χ3v) is 18.2. The van der Waals surface area contributed by atoms with Gasteiger partial charge in [0.15, 0.2) is 5.78 Å². The zero-order valence-corrected chi connectivity index (χ0v) is 62.8. The Morgan fingerprint density at radius 1 is 0.521 bits per heavy atom. The molecule has 0 bridgehead atoms. The Hall–Kier alpha value is -6.58. The molecule has 1 aliphatic rings. The van der Waals surface area contributed by atoms with E-state index in [-0.39, 0.29) is 68.3 Å². The number of Topliss-reactive ketones (excluding diaryl/α,β-unsaturated/α-hetero) is 1. The fourth-order valence-corrected chi connectivity index (χ4v) is 11.8. The van der Waals surface area contributed by atoms with Gasteiger partial charge in [0.05, 0.1) is 24.8 Å². The average Bonchev–Trinajstić information content (AvgIpc) is 0.812. The van der Waals surface area contributed by atoms with Crippen molar-refractivity contribution in [3.63, 3.8) is 0 Å². The molecule has 7 N–H and O–H groups in total. The zero-order chi connectivity index (χ0) is 74.1. The number of piperazine rings is 1. The van der Waals surface area contributed by atoms with E-state index in [9.17, 15) is 48.3 Å². The quantitative estimate of drug-likeness (QED) is 0.0432. The number of likely N-dealkylation sites (N-methyl/N-ethyl adjacent to an activating group) is 7. The summed E-state index contributed by atoms with van der Waals surface area (Å²) in [6, 6.07) is -12.5. The van der Waals surface area contributed by atoms with Gasteiger partial charge >= 0.3 is 0 Å². The molecule has 14 atom stereocenters. The Bertz CT molecular complexity index is 2610. The van der Waals surface area contributed by atoms with Crippen LogP contribution >= 0.6 is 0 Å². The number of hydrogen-bond donors (Lipinski definition) is 7. The molecule has 1 aliphatic heterocycles. The second kappa shape index (κ2) is 41.6. The van der Waals surface area contributed by atoms with Crippen LogP contribution in [0.4, 0.5) is 0 Å². The minimum Gasteiger partial charge on any atom is -0.390 e. The molecule has 0 aromatic rings. The predicted octanol–water partition coefficient (Wildman–Crippen LogP) is 2.03. The van der Waals surface area contributed by atoms with Crippen LogP contribution in [0.25, 0.3) is 0 Å². The van der Waals surface area contributed by atoms with Crippen molar-refractivity contribution in [2.45, 2.75) is 229 Å². The van der Waals surface area contributed by atoms with Crippen molar-refractivity contribution in [1.82, 2.24) is 66.2 Å². The van der Waals surface area contributed by atoms with Crippen LogP contribution in [0.1, 0.15) is 157 Å². The van der Waals surface area contributed by atoms with E-state index in [4.69, 9.17) is 4.74 Å². The SMILES string of the molecule is C/C=C/C[C@@H](C)[C@@H](O)[C@@H](C(=O)N[C@@H](CC)C(=O)N(C)[C@H](C)C(C)=O)N(C)C(=O)[C@H](C(C)C)N(C)C(=O)[C@H](CC(C)C)N(C)C(=O)[C@H](CC(C)C)N(C)C(=O)[C@@H](C)NC(=O)[C@H](C)NC(=O)[C@H](CC(C)C)N(C)C(=O)[C@@H](NC(=O)[C@@H](NC)[C@H](C)COCC(=O)N1CCNCC1)C(C)C. The molecule has 27 heteroatoms. The Morgan fingerprint density at radius 3 is 1.47 bits per heavy atom. The second-order valence-electron chi connectivity index (χ2n) is 28.4. The second-order valence-corrected chi connectivity index (χ2v) is 28.4. The van der Waals surface area contributed by atoms with Crippen LogP contribution in [0.15, 0.2) is 12.2 Å². The van der Waals surface area contributed by atoms with Gasteiger partial charge in [-0.1, -0.05) is 102 Å². The van der Waals surface area contributed by atoms with Crippen molar-refractivity contribution in [2.75, 3.05) is 88.7 Å². The Morgan fingerprint density at radius 2 is 1.00 bits per heavy atom. The predicted molar refractivity (Wildman–Crippen MR) is 370 cm³/mol. The van der Waals surface area contributed by atoms with Gasteiger partial charge in [-0.3, -0.25) is 57.5 Å². The maximum absolute atomic E-state index is 15.1.